The Bertz CT molecular complexity index is 662. The molecule has 25 heavy (non-hydrogen) atoms. The van der Waals surface area contributed by atoms with Crippen LogP contribution in [0.4, 0.5) is 0 Å². The molecule has 0 saturated carbocycles. The second-order valence-corrected chi connectivity index (χ2v) is 6.26. The van der Waals surface area contributed by atoms with Crippen LogP contribution in [0, 0.1) is 13.8 Å². The summed E-state index contributed by atoms with van der Waals surface area (Å²) in [5.41, 5.74) is 3.18. The zero-order chi connectivity index (χ0) is 18.2. The number of hydrogen-bond acceptors (Lipinski definition) is 4. The number of guanidine groups is 1. The van der Waals surface area contributed by atoms with Gasteiger partial charge < -0.3 is 20.3 Å². The summed E-state index contributed by atoms with van der Waals surface area (Å²) in [6.45, 7) is 7.44. The van der Waals surface area contributed by atoms with Crippen molar-refractivity contribution in [2.45, 2.75) is 32.6 Å². The van der Waals surface area contributed by atoms with Gasteiger partial charge in [-0.15, -0.1) is 0 Å². The fourth-order valence-electron chi connectivity index (χ4n) is 3.00. The molecule has 2 unspecified atom stereocenters. The summed E-state index contributed by atoms with van der Waals surface area (Å²) in [6.07, 6.45) is 0. The predicted octanol–water partition coefficient (Wildman–Crippen LogP) is 2.34. The Labute approximate surface area is 149 Å². The molecular formula is C19H28N4O2. The fraction of sp³-hybridized carbons (Fsp3) is 0.474. The number of aliphatic hydroxyl groups excluding tert-OH is 1. The Balaban J connectivity index is 1.88. The van der Waals surface area contributed by atoms with Crippen molar-refractivity contribution in [3.8, 4) is 0 Å². The van der Waals surface area contributed by atoms with Gasteiger partial charge in [-0.3, -0.25) is 4.99 Å². The molecule has 2 aromatic rings. The van der Waals surface area contributed by atoms with Crippen LogP contribution < -0.4 is 10.6 Å². The van der Waals surface area contributed by atoms with Crippen LogP contribution in [0.5, 0.6) is 0 Å². The molecule has 1 aromatic carbocycles. The Hall–Kier alpha value is -2.34. The lowest BCUT2D eigenvalue weighted by atomic mass is 9.99. The van der Waals surface area contributed by atoms with E-state index in [0.717, 1.165) is 29.1 Å². The molecule has 0 aliphatic rings. The third kappa shape index (κ3) is 5.06. The maximum absolute atomic E-state index is 9.65. The van der Waals surface area contributed by atoms with Crippen LogP contribution in [0.15, 0.2) is 39.8 Å². The normalized spacial score (nSPS) is 14.2. The third-order valence-electron chi connectivity index (χ3n) is 4.39. The van der Waals surface area contributed by atoms with Crippen LogP contribution in [0.3, 0.4) is 0 Å². The van der Waals surface area contributed by atoms with Gasteiger partial charge in [0.25, 0.3) is 0 Å². The van der Waals surface area contributed by atoms with Gasteiger partial charge in [0.05, 0.1) is 12.3 Å². The molecule has 0 aliphatic heterocycles. The Morgan fingerprint density at radius 1 is 1.20 bits per heavy atom. The number of nitrogens with zero attached hydrogens (tertiary/aromatic N) is 2. The van der Waals surface area contributed by atoms with Crippen molar-refractivity contribution >= 4 is 5.96 Å². The third-order valence-corrected chi connectivity index (χ3v) is 4.39. The SMILES string of the molecule is CN=C(NCC(C)c1c(C)noc1C)NCC(CO)c1ccccc1. The van der Waals surface area contributed by atoms with E-state index in [2.05, 4.69) is 27.7 Å². The van der Waals surface area contributed by atoms with Crippen molar-refractivity contribution in [3.05, 3.63) is 52.9 Å². The molecule has 0 fully saturated rings. The quantitative estimate of drug-likeness (QED) is 0.530. The minimum absolute atomic E-state index is 0.0275. The molecule has 6 heteroatoms. The van der Waals surface area contributed by atoms with Crippen molar-refractivity contribution < 1.29 is 9.63 Å². The van der Waals surface area contributed by atoms with Crippen molar-refractivity contribution in [1.82, 2.24) is 15.8 Å². The van der Waals surface area contributed by atoms with Gasteiger partial charge in [0.15, 0.2) is 5.96 Å². The van der Waals surface area contributed by atoms with E-state index in [-0.39, 0.29) is 18.4 Å². The van der Waals surface area contributed by atoms with Gasteiger partial charge in [-0.1, -0.05) is 42.4 Å². The molecule has 136 valence electrons. The van der Waals surface area contributed by atoms with Crippen LogP contribution >= 0.6 is 0 Å². The highest BCUT2D eigenvalue weighted by atomic mass is 16.5. The van der Waals surface area contributed by atoms with Crippen LogP contribution in [-0.4, -0.2) is 43.0 Å². The number of hydrogen-bond donors (Lipinski definition) is 3. The summed E-state index contributed by atoms with van der Waals surface area (Å²) in [5, 5.41) is 20.3. The highest BCUT2D eigenvalue weighted by Crippen LogP contribution is 2.22. The molecule has 0 saturated heterocycles. The van der Waals surface area contributed by atoms with E-state index in [1.165, 1.54) is 0 Å². The van der Waals surface area contributed by atoms with Crippen molar-refractivity contribution in [2.75, 3.05) is 26.7 Å². The standard InChI is InChI=1S/C19H28N4O2/c1-13(18-14(2)23-25-15(18)3)10-21-19(20-4)22-11-17(12-24)16-8-6-5-7-9-16/h5-9,13,17,24H,10-12H2,1-4H3,(H2,20,21,22). The molecule has 0 bridgehead atoms. The van der Waals surface area contributed by atoms with E-state index < -0.39 is 0 Å². The van der Waals surface area contributed by atoms with Crippen molar-refractivity contribution in [3.63, 3.8) is 0 Å². The summed E-state index contributed by atoms with van der Waals surface area (Å²) in [4.78, 5) is 4.26. The minimum Gasteiger partial charge on any atom is -0.396 e. The van der Waals surface area contributed by atoms with E-state index in [0.29, 0.717) is 12.5 Å². The van der Waals surface area contributed by atoms with Crippen molar-refractivity contribution in [2.24, 2.45) is 4.99 Å². The number of rotatable bonds is 7. The zero-order valence-electron chi connectivity index (χ0n) is 15.4. The summed E-state index contributed by atoms with van der Waals surface area (Å²) < 4.78 is 5.24. The average Bonchev–Trinajstić information content (AvgIpc) is 2.97. The van der Waals surface area contributed by atoms with E-state index in [1.54, 1.807) is 7.05 Å². The molecule has 1 heterocycles. The molecular weight excluding hydrogens is 316 g/mol. The molecule has 0 spiro atoms. The van der Waals surface area contributed by atoms with E-state index >= 15 is 0 Å². The number of nitrogens with one attached hydrogen (secondary N) is 2. The lowest BCUT2D eigenvalue weighted by molar-refractivity contribution is 0.265. The van der Waals surface area contributed by atoms with Crippen LogP contribution in [0.2, 0.25) is 0 Å². The first-order valence-electron chi connectivity index (χ1n) is 8.59. The van der Waals surface area contributed by atoms with Gasteiger partial charge in [0, 0.05) is 37.5 Å². The van der Waals surface area contributed by atoms with Gasteiger partial charge in [-0.2, -0.15) is 0 Å². The molecule has 6 nitrogen and oxygen atoms in total. The van der Waals surface area contributed by atoms with E-state index in [1.807, 2.05) is 44.2 Å². The van der Waals surface area contributed by atoms with Gasteiger partial charge in [0.1, 0.15) is 5.76 Å². The summed E-state index contributed by atoms with van der Waals surface area (Å²) in [5.74, 6) is 1.86. The number of benzene rings is 1. The molecule has 3 N–H and O–H groups in total. The second kappa shape index (κ2) is 9.22. The summed E-state index contributed by atoms with van der Waals surface area (Å²) in [7, 11) is 1.74. The predicted molar refractivity (Wildman–Crippen MR) is 100 cm³/mol. The average molecular weight is 344 g/mol. The minimum atomic E-state index is 0.0275. The first-order chi connectivity index (χ1) is 12.1. The lowest BCUT2D eigenvalue weighted by Crippen LogP contribution is -2.41. The molecule has 0 radical (unpaired) electrons. The zero-order valence-corrected chi connectivity index (χ0v) is 15.4. The van der Waals surface area contributed by atoms with Gasteiger partial charge >= 0.3 is 0 Å². The number of aliphatic hydroxyl groups is 1. The van der Waals surface area contributed by atoms with E-state index in [9.17, 15) is 5.11 Å². The van der Waals surface area contributed by atoms with Crippen LogP contribution in [-0.2, 0) is 0 Å². The summed E-state index contributed by atoms with van der Waals surface area (Å²) >= 11 is 0. The molecule has 2 atom stereocenters. The van der Waals surface area contributed by atoms with Crippen LogP contribution in [0.1, 0.15) is 41.3 Å². The Morgan fingerprint density at radius 2 is 1.88 bits per heavy atom. The Morgan fingerprint density at radius 3 is 2.44 bits per heavy atom. The largest absolute Gasteiger partial charge is 0.396 e. The van der Waals surface area contributed by atoms with Crippen LogP contribution in [0.25, 0.3) is 0 Å². The lowest BCUT2D eigenvalue weighted by Gasteiger charge is -2.19. The highest BCUT2D eigenvalue weighted by molar-refractivity contribution is 5.79. The smallest absolute Gasteiger partial charge is 0.191 e. The molecule has 0 amide bonds. The van der Waals surface area contributed by atoms with Crippen molar-refractivity contribution in [1.29, 1.82) is 0 Å². The van der Waals surface area contributed by atoms with Gasteiger partial charge in [-0.25, -0.2) is 0 Å². The first-order valence-corrected chi connectivity index (χ1v) is 8.59. The fourth-order valence-corrected chi connectivity index (χ4v) is 3.00. The Kier molecular flexibility index (Phi) is 7.01. The van der Waals surface area contributed by atoms with Gasteiger partial charge in [0.2, 0.25) is 0 Å². The molecule has 1 aromatic heterocycles. The number of aliphatic imine (C=N–C) groups is 1. The first kappa shape index (κ1) is 19.0. The molecule has 0 aliphatic carbocycles. The maximum atomic E-state index is 9.65. The summed E-state index contributed by atoms with van der Waals surface area (Å²) in [6, 6.07) is 9.99. The number of aromatic nitrogens is 1. The molecule has 2 rings (SSSR count). The van der Waals surface area contributed by atoms with E-state index in [4.69, 9.17) is 4.52 Å². The maximum Gasteiger partial charge on any atom is 0.191 e. The van der Waals surface area contributed by atoms with Gasteiger partial charge in [-0.05, 0) is 19.4 Å². The topological polar surface area (TPSA) is 82.7 Å². The number of aryl methyl sites for hydroxylation is 2. The highest BCUT2D eigenvalue weighted by Gasteiger charge is 2.17. The monoisotopic (exact) mass is 344 g/mol. The second-order valence-electron chi connectivity index (χ2n) is 6.26.